The number of hydrogen-bond acceptors (Lipinski definition) is 5. The summed E-state index contributed by atoms with van der Waals surface area (Å²) in [5.41, 5.74) is 1.31. The average molecular weight is 301 g/mol. The number of thiophene rings is 1. The molecule has 1 N–H and O–H groups in total. The third-order valence-electron chi connectivity index (χ3n) is 2.75. The van der Waals surface area contributed by atoms with Gasteiger partial charge in [0.15, 0.2) is 6.29 Å². The summed E-state index contributed by atoms with van der Waals surface area (Å²) in [7, 11) is 0. The number of amides is 1. The van der Waals surface area contributed by atoms with Gasteiger partial charge in [0, 0.05) is 29.6 Å². The summed E-state index contributed by atoms with van der Waals surface area (Å²) in [5, 5.41) is 2.87. The summed E-state index contributed by atoms with van der Waals surface area (Å²) in [4.78, 5) is 14.2. The number of carbonyl (C=O) groups excluding carboxylic acids is 1. The third-order valence-corrected chi connectivity index (χ3v) is 5.11. The van der Waals surface area contributed by atoms with Crippen LogP contribution in [0.1, 0.15) is 34.0 Å². The Kier molecular flexibility index (Phi) is 5.69. The van der Waals surface area contributed by atoms with E-state index in [0.717, 1.165) is 16.4 Å². The maximum absolute atomic E-state index is 12.0. The Morgan fingerprint density at radius 3 is 2.74 bits per heavy atom. The van der Waals surface area contributed by atoms with Crippen LogP contribution in [0.25, 0.3) is 0 Å². The predicted molar refractivity (Wildman–Crippen MR) is 78.7 cm³/mol. The molecule has 4 nitrogen and oxygen atoms in total. The summed E-state index contributed by atoms with van der Waals surface area (Å²) in [6.45, 7) is 5.36. The van der Waals surface area contributed by atoms with Crippen molar-refractivity contribution in [2.75, 3.05) is 19.8 Å². The van der Waals surface area contributed by atoms with Crippen LogP contribution in [0.4, 0.5) is 0 Å². The summed E-state index contributed by atoms with van der Waals surface area (Å²) in [6, 6.07) is 2.01. The molecule has 0 aromatic carbocycles. The van der Waals surface area contributed by atoms with Gasteiger partial charge in [-0.05, 0) is 25.5 Å². The van der Waals surface area contributed by atoms with Crippen molar-refractivity contribution < 1.29 is 14.3 Å². The molecule has 0 saturated carbocycles. The van der Waals surface area contributed by atoms with E-state index in [9.17, 15) is 4.79 Å². The molecule has 6 heteroatoms. The largest absolute Gasteiger partial charge is 0.351 e. The number of thioether (sulfide) groups is 1. The molecule has 2 heterocycles. The zero-order valence-electron chi connectivity index (χ0n) is 11.2. The van der Waals surface area contributed by atoms with E-state index in [2.05, 4.69) is 5.32 Å². The molecule has 1 aliphatic rings. The zero-order chi connectivity index (χ0) is 13.7. The van der Waals surface area contributed by atoms with Gasteiger partial charge in [0.1, 0.15) is 0 Å². The predicted octanol–water partition coefficient (Wildman–Crippen LogP) is 2.62. The van der Waals surface area contributed by atoms with Crippen molar-refractivity contribution in [3.05, 3.63) is 21.4 Å². The van der Waals surface area contributed by atoms with Gasteiger partial charge in [0.05, 0.1) is 11.4 Å². The standard InChI is InChI=1S/C13H19NO3S2/c1-3-16-12(17-4-2)6-14-13(15)10-5-9-7-18-8-11(9)19-10/h5,12H,3-4,6-8H2,1-2H3,(H,14,15). The van der Waals surface area contributed by atoms with Gasteiger partial charge in [-0.25, -0.2) is 0 Å². The zero-order valence-corrected chi connectivity index (χ0v) is 12.9. The fourth-order valence-corrected chi connectivity index (χ4v) is 4.30. The number of fused-ring (bicyclic) bond motifs is 1. The van der Waals surface area contributed by atoms with E-state index < -0.39 is 0 Å². The van der Waals surface area contributed by atoms with Crippen molar-refractivity contribution in [3.63, 3.8) is 0 Å². The monoisotopic (exact) mass is 301 g/mol. The maximum Gasteiger partial charge on any atom is 0.261 e. The Morgan fingerprint density at radius 1 is 1.37 bits per heavy atom. The van der Waals surface area contributed by atoms with Crippen molar-refractivity contribution in [2.24, 2.45) is 0 Å². The molecule has 19 heavy (non-hydrogen) atoms. The molecular formula is C13H19NO3S2. The first kappa shape index (κ1) is 14.8. The highest BCUT2D eigenvalue weighted by Crippen LogP contribution is 2.36. The van der Waals surface area contributed by atoms with Gasteiger partial charge in [-0.2, -0.15) is 11.8 Å². The Morgan fingerprint density at radius 2 is 2.11 bits per heavy atom. The van der Waals surface area contributed by atoms with E-state index in [1.807, 2.05) is 31.7 Å². The van der Waals surface area contributed by atoms with Crippen LogP contribution in [0.15, 0.2) is 6.07 Å². The lowest BCUT2D eigenvalue weighted by molar-refractivity contribution is -0.131. The molecule has 0 radical (unpaired) electrons. The molecule has 2 rings (SSSR count). The minimum atomic E-state index is -0.360. The molecule has 0 bridgehead atoms. The van der Waals surface area contributed by atoms with Gasteiger partial charge in [-0.3, -0.25) is 4.79 Å². The van der Waals surface area contributed by atoms with Crippen LogP contribution in [-0.4, -0.2) is 32.0 Å². The molecule has 1 amide bonds. The van der Waals surface area contributed by atoms with Crippen molar-refractivity contribution in [1.82, 2.24) is 5.32 Å². The number of carbonyl (C=O) groups is 1. The molecule has 0 spiro atoms. The Hall–Kier alpha value is -0.560. The first-order valence-electron chi connectivity index (χ1n) is 6.45. The van der Waals surface area contributed by atoms with Crippen LogP contribution in [0.2, 0.25) is 0 Å². The van der Waals surface area contributed by atoms with Crippen LogP contribution >= 0.6 is 23.1 Å². The van der Waals surface area contributed by atoms with Crippen LogP contribution < -0.4 is 5.32 Å². The third kappa shape index (κ3) is 3.95. The highest BCUT2D eigenvalue weighted by Gasteiger charge is 2.19. The lowest BCUT2D eigenvalue weighted by Crippen LogP contribution is -2.35. The molecule has 0 saturated heterocycles. The molecule has 0 fully saturated rings. The SMILES string of the molecule is CCOC(CNC(=O)c1cc2c(s1)CSC2)OCC. The molecular weight excluding hydrogens is 282 g/mol. The normalized spacial score (nSPS) is 13.8. The Labute approximate surface area is 121 Å². The van der Waals surface area contributed by atoms with E-state index in [1.165, 1.54) is 10.4 Å². The van der Waals surface area contributed by atoms with Gasteiger partial charge >= 0.3 is 0 Å². The van der Waals surface area contributed by atoms with Gasteiger partial charge < -0.3 is 14.8 Å². The second-order valence-electron chi connectivity index (χ2n) is 4.10. The number of nitrogens with one attached hydrogen (secondary N) is 1. The second-order valence-corrected chi connectivity index (χ2v) is 6.22. The first-order chi connectivity index (χ1) is 9.24. The molecule has 0 unspecified atom stereocenters. The van der Waals surface area contributed by atoms with E-state index in [0.29, 0.717) is 19.8 Å². The van der Waals surface area contributed by atoms with Crippen molar-refractivity contribution in [1.29, 1.82) is 0 Å². The van der Waals surface area contributed by atoms with E-state index >= 15 is 0 Å². The minimum Gasteiger partial charge on any atom is -0.351 e. The smallest absolute Gasteiger partial charge is 0.261 e. The summed E-state index contributed by atoms with van der Waals surface area (Å²) in [6.07, 6.45) is -0.360. The summed E-state index contributed by atoms with van der Waals surface area (Å²) in [5.74, 6) is 2.03. The number of hydrogen-bond donors (Lipinski definition) is 1. The molecule has 0 atom stereocenters. The van der Waals surface area contributed by atoms with Crippen LogP contribution in [0.3, 0.4) is 0 Å². The average Bonchev–Trinajstić information content (AvgIpc) is 2.96. The second kappa shape index (κ2) is 7.28. The quantitative estimate of drug-likeness (QED) is 0.787. The van der Waals surface area contributed by atoms with Gasteiger partial charge in [-0.15, -0.1) is 11.3 Å². The first-order valence-corrected chi connectivity index (χ1v) is 8.42. The van der Waals surface area contributed by atoms with Crippen LogP contribution in [0, 0.1) is 0 Å². The Balaban J connectivity index is 1.85. The lowest BCUT2D eigenvalue weighted by Gasteiger charge is -2.17. The fraction of sp³-hybridized carbons (Fsp3) is 0.615. The summed E-state index contributed by atoms with van der Waals surface area (Å²) >= 11 is 3.49. The molecule has 1 aromatic heterocycles. The molecule has 0 aliphatic carbocycles. The highest BCUT2D eigenvalue weighted by molar-refractivity contribution is 7.98. The minimum absolute atomic E-state index is 0.0335. The molecule has 1 aliphatic heterocycles. The molecule has 106 valence electrons. The lowest BCUT2D eigenvalue weighted by atomic mass is 10.3. The van der Waals surface area contributed by atoms with Crippen molar-refractivity contribution in [2.45, 2.75) is 31.6 Å². The van der Waals surface area contributed by atoms with E-state index in [1.54, 1.807) is 11.3 Å². The van der Waals surface area contributed by atoms with Gasteiger partial charge in [-0.1, -0.05) is 0 Å². The van der Waals surface area contributed by atoms with Crippen molar-refractivity contribution in [3.8, 4) is 0 Å². The van der Waals surface area contributed by atoms with Crippen LogP contribution in [-0.2, 0) is 21.0 Å². The van der Waals surface area contributed by atoms with E-state index in [4.69, 9.17) is 9.47 Å². The molecule has 1 aromatic rings. The maximum atomic E-state index is 12.0. The summed E-state index contributed by atoms with van der Waals surface area (Å²) < 4.78 is 10.8. The Bertz CT molecular complexity index is 406. The van der Waals surface area contributed by atoms with Crippen molar-refractivity contribution >= 4 is 29.0 Å². The number of rotatable bonds is 7. The van der Waals surface area contributed by atoms with E-state index in [-0.39, 0.29) is 12.2 Å². The van der Waals surface area contributed by atoms with Gasteiger partial charge in [0.25, 0.3) is 5.91 Å². The highest BCUT2D eigenvalue weighted by atomic mass is 32.2. The fourth-order valence-electron chi connectivity index (χ4n) is 1.88. The van der Waals surface area contributed by atoms with Crippen LogP contribution in [0.5, 0.6) is 0 Å². The topological polar surface area (TPSA) is 47.6 Å². The van der Waals surface area contributed by atoms with Gasteiger partial charge in [0.2, 0.25) is 0 Å². The number of ether oxygens (including phenoxy) is 2.